The second kappa shape index (κ2) is 4.51. The predicted molar refractivity (Wildman–Crippen MR) is 53.2 cm³/mol. The standard InChI is InChI=1S/C9H5Cl2F3O2/c1-16-7-3-6(10)4(8(11)15)2-5(7)9(12,13)14/h2-3H,1H3. The van der Waals surface area contributed by atoms with Crippen LogP contribution in [0.5, 0.6) is 5.75 Å². The van der Waals surface area contributed by atoms with Crippen LogP contribution in [0.3, 0.4) is 0 Å². The summed E-state index contributed by atoms with van der Waals surface area (Å²) in [6.45, 7) is 0. The number of ether oxygens (including phenoxy) is 1. The molecule has 16 heavy (non-hydrogen) atoms. The lowest BCUT2D eigenvalue weighted by molar-refractivity contribution is -0.138. The van der Waals surface area contributed by atoms with E-state index in [0.717, 1.165) is 13.2 Å². The van der Waals surface area contributed by atoms with Crippen molar-refractivity contribution in [3.05, 3.63) is 28.3 Å². The molecular weight excluding hydrogens is 268 g/mol. The van der Waals surface area contributed by atoms with Crippen LogP contribution in [0.1, 0.15) is 15.9 Å². The second-order valence-electron chi connectivity index (χ2n) is 2.80. The van der Waals surface area contributed by atoms with Crippen LogP contribution in [-0.2, 0) is 6.18 Å². The quantitative estimate of drug-likeness (QED) is 0.767. The number of alkyl halides is 3. The van der Waals surface area contributed by atoms with Gasteiger partial charge in [-0.1, -0.05) is 11.6 Å². The Morgan fingerprint density at radius 1 is 1.38 bits per heavy atom. The summed E-state index contributed by atoms with van der Waals surface area (Å²) in [5.41, 5.74) is -1.50. The van der Waals surface area contributed by atoms with Gasteiger partial charge >= 0.3 is 6.18 Å². The van der Waals surface area contributed by atoms with Crippen molar-refractivity contribution in [1.29, 1.82) is 0 Å². The molecule has 0 saturated carbocycles. The monoisotopic (exact) mass is 272 g/mol. The van der Waals surface area contributed by atoms with Gasteiger partial charge in [-0.15, -0.1) is 0 Å². The summed E-state index contributed by atoms with van der Waals surface area (Å²) in [4.78, 5) is 10.8. The summed E-state index contributed by atoms with van der Waals surface area (Å²) >= 11 is 10.7. The maximum Gasteiger partial charge on any atom is 0.419 e. The highest BCUT2D eigenvalue weighted by molar-refractivity contribution is 6.68. The first kappa shape index (κ1) is 13.1. The number of carbonyl (C=O) groups is 1. The molecule has 1 aromatic carbocycles. The molecule has 88 valence electrons. The van der Waals surface area contributed by atoms with Crippen LogP contribution in [0.15, 0.2) is 12.1 Å². The molecule has 0 aliphatic rings. The molecule has 0 aromatic heterocycles. The average molecular weight is 273 g/mol. The third-order valence-corrected chi connectivity index (χ3v) is 2.32. The van der Waals surface area contributed by atoms with Gasteiger partial charge in [0.2, 0.25) is 0 Å². The molecule has 0 unspecified atom stereocenters. The predicted octanol–water partition coefficient (Wildman–Crippen LogP) is 3.75. The number of benzene rings is 1. The fourth-order valence-electron chi connectivity index (χ4n) is 1.10. The highest BCUT2D eigenvalue weighted by atomic mass is 35.5. The SMILES string of the molecule is COc1cc(Cl)c(C(=O)Cl)cc1C(F)(F)F. The minimum atomic E-state index is -4.64. The molecule has 0 heterocycles. The van der Waals surface area contributed by atoms with Gasteiger partial charge in [0.1, 0.15) is 5.75 Å². The highest BCUT2D eigenvalue weighted by Crippen LogP contribution is 2.39. The van der Waals surface area contributed by atoms with Crippen molar-refractivity contribution in [2.75, 3.05) is 7.11 Å². The summed E-state index contributed by atoms with van der Waals surface area (Å²) < 4.78 is 42.1. The van der Waals surface area contributed by atoms with Crippen molar-refractivity contribution in [3.8, 4) is 5.75 Å². The van der Waals surface area contributed by atoms with Crippen LogP contribution in [0.25, 0.3) is 0 Å². The first-order valence-corrected chi connectivity index (χ1v) is 4.67. The van der Waals surface area contributed by atoms with Crippen LogP contribution in [0, 0.1) is 0 Å². The van der Waals surface area contributed by atoms with E-state index in [4.69, 9.17) is 23.2 Å². The first-order chi connectivity index (χ1) is 7.27. The van der Waals surface area contributed by atoms with Crippen LogP contribution in [0.2, 0.25) is 5.02 Å². The van der Waals surface area contributed by atoms with Gasteiger partial charge in [-0.3, -0.25) is 4.79 Å². The van der Waals surface area contributed by atoms with Crippen molar-refractivity contribution < 1.29 is 22.7 Å². The molecule has 7 heteroatoms. The number of methoxy groups -OCH3 is 1. The molecule has 0 aliphatic heterocycles. The van der Waals surface area contributed by atoms with Gasteiger partial charge in [0.15, 0.2) is 0 Å². The average Bonchev–Trinajstić information content (AvgIpc) is 2.14. The number of halogens is 5. The van der Waals surface area contributed by atoms with E-state index in [9.17, 15) is 18.0 Å². The Labute approximate surface area is 98.9 Å². The third-order valence-electron chi connectivity index (χ3n) is 1.81. The van der Waals surface area contributed by atoms with Crippen molar-refractivity contribution in [2.24, 2.45) is 0 Å². The number of hydrogen-bond donors (Lipinski definition) is 0. The summed E-state index contributed by atoms with van der Waals surface area (Å²) in [5, 5.41) is -1.25. The molecular formula is C9H5Cl2F3O2. The minimum absolute atomic E-state index is 0.190. The van der Waals surface area contributed by atoms with E-state index in [1.807, 2.05) is 0 Å². The molecule has 2 nitrogen and oxygen atoms in total. The fourth-order valence-corrected chi connectivity index (χ4v) is 1.54. The highest BCUT2D eigenvalue weighted by Gasteiger charge is 2.35. The minimum Gasteiger partial charge on any atom is -0.496 e. The Balaban J connectivity index is 3.47. The molecule has 0 spiro atoms. The zero-order valence-corrected chi connectivity index (χ0v) is 9.37. The third kappa shape index (κ3) is 2.59. The lowest BCUT2D eigenvalue weighted by atomic mass is 10.1. The van der Waals surface area contributed by atoms with Crippen molar-refractivity contribution in [1.82, 2.24) is 0 Å². The zero-order chi connectivity index (χ0) is 12.5. The number of rotatable bonds is 2. The van der Waals surface area contributed by atoms with Gasteiger partial charge in [-0.05, 0) is 17.7 Å². The summed E-state index contributed by atoms with van der Waals surface area (Å²) in [5.74, 6) is -0.459. The Bertz CT molecular complexity index is 429. The van der Waals surface area contributed by atoms with Gasteiger partial charge in [0, 0.05) is 6.07 Å². The van der Waals surface area contributed by atoms with Gasteiger partial charge < -0.3 is 4.74 Å². The largest absolute Gasteiger partial charge is 0.496 e. The van der Waals surface area contributed by atoms with E-state index in [1.165, 1.54) is 0 Å². The van der Waals surface area contributed by atoms with E-state index >= 15 is 0 Å². The maximum atomic E-state index is 12.5. The molecule has 0 radical (unpaired) electrons. The summed E-state index contributed by atoms with van der Waals surface area (Å²) in [7, 11) is 1.07. The molecule has 1 aromatic rings. The van der Waals surface area contributed by atoms with E-state index in [1.54, 1.807) is 0 Å². The summed E-state index contributed by atoms with van der Waals surface area (Å²) in [6.07, 6.45) is -4.64. The van der Waals surface area contributed by atoms with Gasteiger partial charge in [-0.2, -0.15) is 13.2 Å². The topological polar surface area (TPSA) is 26.3 Å². The smallest absolute Gasteiger partial charge is 0.419 e. The van der Waals surface area contributed by atoms with Gasteiger partial charge in [0.05, 0.1) is 23.3 Å². The summed E-state index contributed by atoms with van der Waals surface area (Å²) in [6, 6.07) is 1.47. The van der Waals surface area contributed by atoms with E-state index in [2.05, 4.69) is 4.74 Å². The zero-order valence-electron chi connectivity index (χ0n) is 7.86. The number of carbonyl (C=O) groups excluding carboxylic acids is 1. The van der Waals surface area contributed by atoms with Crippen LogP contribution >= 0.6 is 23.2 Å². The van der Waals surface area contributed by atoms with E-state index in [0.29, 0.717) is 6.07 Å². The van der Waals surface area contributed by atoms with Crippen LogP contribution in [-0.4, -0.2) is 12.4 Å². The molecule has 0 aliphatic carbocycles. The molecule has 0 fully saturated rings. The maximum absolute atomic E-state index is 12.5. The molecule has 1 rings (SSSR count). The van der Waals surface area contributed by atoms with E-state index < -0.39 is 28.3 Å². The molecule has 0 saturated heterocycles. The van der Waals surface area contributed by atoms with Crippen molar-refractivity contribution in [3.63, 3.8) is 0 Å². The van der Waals surface area contributed by atoms with Crippen molar-refractivity contribution in [2.45, 2.75) is 6.18 Å². The Morgan fingerprint density at radius 3 is 2.31 bits per heavy atom. The Morgan fingerprint density at radius 2 is 1.94 bits per heavy atom. The molecule has 0 amide bonds. The van der Waals surface area contributed by atoms with Crippen LogP contribution < -0.4 is 4.74 Å². The first-order valence-electron chi connectivity index (χ1n) is 3.92. The lowest BCUT2D eigenvalue weighted by Gasteiger charge is -2.13. The van der Waals surface area contributed by atoms with E-state index in [-0.39, 0.29) is 5.02 Å². The molecule has 0 N–H and O–H groups in total. The normalized spacial score (nSPS) is 11.4. The molecule has 0 atom stereocenters. The Hall–Kier alpha value is -0.940. The van der Waals surface area contributed by atoms with Gasteiger partial charge in [-0.25, -0.2) is 0 Å². The van der Waals surface area contributed by atoms with Crippen molar-refractivity contribution >= 4 is 28.4 Å². The van der Waals surface area contributed by atoms with Gasteiger partial charge in [0.25, 0.3) is 5.24 Å². The second-order valence-corrected chi connectivity index (χ2v) is 3.55. The Kier molecular flexibility index (Phi) is 3.70. The number of hydrogen-bond acceptors (Lipinski definition) is 2. The molecule has 0 bridgehead atoms. The van der Waals surface area contributed by atoms with Crippen LogP contribution in [0.4, 0.5) is 13.2 Å². The fraction of sp³-hybridized carbons (Fsp3) is 0.222. The lowest BCUT2D eigenvalue weighted by Crippen LogP contribution is -2.09.